The summed E-state index contributed by atoms with van der Waals surface area (Å²) in [5.74, 6) is 0.296. The molecule has 0 bridgehead atoms. The van der Waals surface area contributed by atoms with Gasteiger partial charge in [0.1, 0.15) is 5.69 Å². The second-order valence-corrected chi connectivity index (χ2v) is 4.94. The summed E-state index contributed by atoms with van der Waals surface area (Å²) in [4.78, 5) is 16.3. The van der Waals surface area contributed by atoms with Gasteiger partial charge in [-0.2, -0.15) is 5.10 Å². The molecule has 96 valence electrons. The van der Waals surface area contributed by atoms with E-state index in [9.17, 15) is 4.79 Å². The molecule has 2 heterocycles. The molecule has 0 atom stereocenters. The van der Waals surface area contributed by atoms with E-state index in [1.54, 1.807) is 10.6 Å². The minimum atomic E-state index is -0.131. The molecule has 0 aliphatic carbocycles. The average Bonchev–Trinajstić information content (AvgIpc) is 2.67. The van der Waals surface area contributed by atoms with E-state index >= 15 is 0 Å². The van der Waals surface area contributed by atoms with Crippen LogP contribution in [0.2, 0.25) is 0 Å². The number of nitrogens with zero attached hydrogens (tertiary/aromatic N) is 3. The summed E-state index contributed by atoms with van der Waals surface area (Å²) < 4.78 is 1.74. The zero-order chi connectivity index (χ0) is 13.3. The summed E-state index contributed by atoms with van der Waals surface area (Å²) in [6.45, 7) is 8.60. The second-order valence-electron chi connectivity index (χ2n) is 4.94. The van der Waals surface area contributed by atoms with Gasteiger partial charge in [-0.15, -0.1) is 0 Å². The van der Waals surface area contributed by atoms with Gasteiger partial charge >= 0.3 is 0 Å². The molecule has 0 aliphatic heterocycles. The minimum absolute atomic E-state index is 0.131. The van der Waals surface area contributed by atoms with Crippen molar-refractivity contribution < 1.29 is 4.79 Å². The highest BCUT2D eigenvalue weighted by atomic mass is 16.1. The van der Waals surface area contributed by atoms with E-state index in [2.05, 4.69) is 29.2 Å². The standard InChI is InChI=1S/C13H18N4O/c1-8(2)7-14-13(18)11-6-10(4)17-12(15-11)5-9(3)16-17/h5-6,8H,7H2,1-4H3,(H,14,18). The Bertz CT molecular complexity index is 586. The second kappa shape index (κ2) is 4.76. The molecule has 0 saturated heterocycles. The SMILES string of the molecule is Cc1cc2nc(C(=O)NCC(C)C)cc(C)n2n1. The van der Waals surface area contributed by atoms with E-state index in [4.69, 9.17) is 0 Å². The summed E-state index contributed by atoms with van der Waals surface area (Å²) in [5.41, 5.74) is 2.95. The summed E-state index contributed by atoms with van der Waals surface area (Å²) in [6.07, 6.45) is 0. The Hall–Kier alpha value is -1.91. The zero-order valence-corrected chi connectivity index (χ0v) is 11.2. The Morgan fingerprint density at radius 1 is 1.39 bits per heavy atom. The topological polar surface area (TPSA) is 59.3 Å². The number of nitrogens with one attached hydrogen (secondary N) is 1. The van der Waals surface area contributed by atoms with Gasteiger partial charge in [-0.05, 0) is 25.8 Å². The van der Waals surface area contributed by atoms with Crippen molar-refractivity contribution in [2.75, 3.05) is 6.54 Å². The lowest BCUT2D eigenvalue weighted by molar-refractivity contribution is 0.0944. The van der Waals surface area contributed by atoms with Crippen molar-refractivity contribution in [3.05, 3.63) is 29.2 Å². The van der Waals surface area contributed by atoms with Crippen molar-refractivity contribution in [1.29, 1.82) is 0 Å². The first-order valence-corrected chi connectivity index (χ1v) is 6.09. The first-order chi connectivity index (χ1) is 8.47. The third-order valence-electron chi connectivity index (χ3n) is 2.63. The molecule has 18 heavy (non-hydrogen) atoms. The first kappa shape index (κ1) is 12.5. The van der Waals surface area contributed by atoms with Crippen LogP contribution in [0.5, 0.6) is 0 Å². The van der Waals surface area contributed by atoms with E-state index in [0.29, 0.717) is 23.8 Å². The fourth-order valence-electron chi connectivity index (χ4n) is 1.74. The van der Waals surface area contributed by atoms with E-state index in [0.717, 1.165) is 11.4 Å². The third kappa shape index (κ3) is 2.50. The van der Waals surface area contributed by atoms with Crippen LogP contribution in [0.3, 0.4) is 0 Å². The molecule has 1 amide bonds. The highest BCUT2D eigenvalue weighted by Crippen LogP contribution is 2.09. The van der Waals surface area contributed by atoms with Gasteiger partial charge in [0.2, 0.25) is 0 Å². The van der Waals surface area contributed by atoms with Crippen LogP contribution in [0.15, 0.2) is 12.1 Å². The van der Waals surface area contributed by atoms with Crippen LogP contribution in [-0.4, -0.2) is 27.0 Å². The van der Waals surface area contributed by atoms with Crippen LogP contribution in [-0.2, 0) is 0 Å². The maximum absolute atomic E-state index is 11.9. The van der Waals surface area contributed by atoms with E-state index in [1.165, 1.54) is 0 Å². The fourth-order valence-corrected chi connectivity index (χ4v) is 1.74. The van der Waals surface area contributed by atoms with Crippen molar-refractivity contribution in [2.24, 2.45) is 5.92 Å². The van der Waals surface area contributed by atoms with Gasteiger partial charge in [0.15, 0.2) is 5.65 Å². The molecular formula is C13H18N4O. The number of aryl methyl sites for hydroxylation is 2. The Morgan fingerprint density at radius 2 is 2.11 bits per heavy atom. The predicted molar refractivity (Wildman–Crippen MR) is 69.6 cm³/mol. The van der Waals surface area contributed by atoms with Crippen molar-refractivity contribution in [3.63, 3.8) is 0 Å². The van der Waals surface area contributed by atoms with E-state index in [1.807, 2.05) is 19.9 Å². The number of hydrogen-bond acceptors (Lipinski definition) is 3. The van der Waals surface area contributed by atoms with Crippen molar-refractivity contribution in [2.45, 2.75) is 27.7 Å². The number of amides is 1. The molecule has 2 aromatic rings. The number of carbonyl (C=O) groups excluding carboxylic acids is 1. The van der Waals surface area contributed by atoms with Crippen LogP contribution in [0.4, 0.5) is 0 Å². The van der Waals surface area contributed by atoms with Crippen molar-refractivity contribution in [3.8, 4) is 0 Å². The molecule has 2 rings (SSSR count). The number of hydrogen-bond donors (Lipinski definition) is 1. The van der Waals surface area contributed by atoms with Gasteiger partial charge in [-0.1, -0.05) is 13.8 Å². The zero-order valence-electron chi connectivity index (χ0n) is 11.2. The third-order valence-corrected chi connectivity index (χ3v) is 2.63. The van der Waals surface area contributed by atoms with Crippen LogP contribution in [0.25, 0.3) is 5.65 Å². The molecule has 1 N–H and O–H groups in total. The van der Waals surface area contributed by atoms with Gasteiger partial charge in [0.05, 0.1) is 5.69 Å². The van der Waals surface area contributed by atoms with E-state index in [-0.39, 0.29) is 5.91 Å². The molecule has 5 nitrogen and oxygen atoms in total. The maximum Gasteiger partial charge on any atom is 0.270 e. The van der Waals surface area contributed by atoms with Crippen LogP contribution >= 0.6 is 0 Å². The monoisotopic (exact) mass is 246 g/mol. The lowest BCUT2D eigenvalue weighted by Crippen LogP contribution is -2.28. The van der Waals surface area contributed by atoms with Crippen LogP contribution in [0, 0.1) is 19.8 Å². The quantitative estimate of drug-likeness (QED) is 0.897. The van der Waals surface area contributed by atoms with E-state index < -0.39 is 0 Å². The number of aromatic nitrogens is 3. The van der Waals surface area contributed by atoms with Gasteiger partial charge in [0.25, 0.3) is 5.91 Å². The molecule has 0 aromatic carbocycles. The summed E-state index contributed by atoms with van der Waals surface area (Å²) in [6, 6.07) is 3.63. The molecule has 0 unspecified atom stereocenters. The molecule has 0 saturated carbocycles. The van der Waals surface area contributed by atoms with Gasteiger partial charge in [0, 0.05) is 18.3 Å². The Balaban J connectivity index is 2.31. The highest BCUT2D eigenvalue weighted by molar-refractivity contribution is 5.92. The first-order valence-electron chi connectivity index (χ1n) is 6.09. The molecule has 5 heteroatoms. The molecule has 0 fully saturated rings. The minimum Gasteiger partial charge on any atom is -0.350 e. The van der Waals surface area contributed by atoms with Crippen LogP contribution < -0.4 is 5.32 Å². The van der Waals surface area contributed by atoms with Crippen molar-refractivity contribution in [1.82, 2.24) is 19.9 Å². The number of carbonyl (C=O) groups is 1. The molecular weight excluding hydrogens is 228 g/mol. The largest absolute Gasteiger partial charge is 0.350 e. The predicted octanol–water partition coefficient (Wildman–Crippen LogP) is 1.73. The summed E-state index contributed by atoms with van der Waals surface area (Å²) in [5, 5.41) is 7.18. The van der Waals surface area contributed by atoms with Gasteiger partial charge < -0.3 is 5.32 Å². The Labute approximate surface area is 106 Å². The number of fused-ring (bicyclic) bond motifs is 1. The highest BCUT2D eigenvalue weighted by Gasteiger charge is 2.11. The Kier molecular flexibility index (Phi) is 3.32. The lowest BCUT2D eigenvalue weighted by Gasteiger charge is -2.08. The summed E-state index contributed by atoms with van der Waals surface area (Å²) in [7, 11) is 0. The van der Waals surface area contributed by atoms with Crippen LogP contribution in [0.1, 0.15) is 35.7 Å². The average molecular weight is 246 g/mol. The van der Waals surface area contributed by atoms with Gasteiger partial charge in [-0.3, -0.25) is 4.79 Å². The molecule has 2 aromatic heterocycles. The lowest BCUT2D eigenvalue weighted by atomic mass is 10.2. The number of rotatable bonds is 3. The Morgan fingerprint density at radius 3 is 2.78 bits per heavy atom. The summed E-state index contributed by atoms with van der Waals surface area (Å²) >= 11 is 0. The van der Waals surface area contributed by atoms with Gasteiger partial charge in [-0.25, -0.2) is 9.50 Å². The normalized spacial score (nSPS) is 11.2. The molecule has 0 spiro atoms. The molecule has 0 aliphatic rings. The maximum atomic E-state index is 11.9. The molecule has 0 radical (unpaired) electrons. The smallest absolute Gasteiger partial charge is 0.270 e. The fraction of sp³-hybridized carbons (Fsp3) is 0.462. The van der Waals surface area contributed by atoms with Crippen molar-refractivity contribution >= 4 is 11.6 Å².